The molecule has 0 aliphatic rings. The van der Waals surface area contributed by atoms with Crippen LogP contribution >= 0.6 is 11.8 Å². The molecule has 1 aromatic heterocycles. The summed E-state index contributed by atoms with van der Waals surface area (Å²) in [6.07, 6.45) is 1.48. The summed E-state index contributed by atoms with van der Waals surface area (Å²) in [7, 11) is 1.81. The van der Waals surface area contributed by atoms with Crippen LogP contribution in [0.1, 0.15) is 13.8 Å². The summed E-state index contributed by atoms with van der Waals surface area (Å²) in [6.45, 7) is 3.44. The number of carbonyl (C=O) groups excluding carboxylic acids is 1. The molecule has 0 bridgehead atoms. The Kier molecular flexibility index (Phi) is 2.86. The fraction of sp³-hybridized carbons (Fsp3) is 0.571. The number of hydrogen-bond acceptors (Lipinski definition) is 4. The van der Waals surface area contributed by atoms with Gasteiger partial charge < -0.3 is 0 Å². The third-order valence-corrected chi connectivity index (χ3v) is 2.79. The van der Waals surface area contributed by atoms with Crippen LogP contribution in [-0.4, -0.2) is 25.8 Å². The van der Waals surface area contributed by atoms with Crippen molar-refractivity contribution in [1.29, 1.82) is 0 Å². The van der Waals surface area contributed by atoms with Crippen LogP contribution in [0, 0.1) is 0 Å². The molecule has 1 atom stereocenters. The average Bonchev–Trinajstić information content (AvgIpc) is 2.36. The van der Waals surface area contributed by atoms with Crippen LogP contribution in [-0.2, 0) is 11.8 Å². The summed E-state index contributed by atoms with van der Waals surface area (Å²) < 4.78 is 1.66. The van der Waals surface area contributed by atoms with Crippen molar-refractivity contribution in [2.75, 3.05) is 0 Å². The smallest absolute Gasteiger partial charge is 0.186 e. The molecule has 66 valence electrons. The summed E-state index contributed by atoms with van der Waals surface area (Å²) in [5, 5.41) is 4.63. The van der Waals surface area contributed by atoms with E-state index in [1.807, 2.05) is 14.0 Å². The van der Waals surface area contributed by atoms with Crippen molar-refractivity contribution < 1.29 is 4.79 Å². The lowest BCUT2D eigenvalue weighted by molar-refractivity contribution is -0.116. The predicted octanol–water partition coefficient (Wildman–Crippen LogP) is 0.885. The highest BCUT2D eigenvalue weighted by Gasteiger charge is 2.12. The summed E-state index contributed by atoms with van der Waals surface area (Å²) >= 11 is 1.42. The molecular weight excluding hydrogens is 174 g/mol. The second kappa shape index (κ2) is 3.71. The van der Waals surface area contributed by atoms with Gasteiger partial charge in [-0.3, -0.25) is 4.79 Å². The first kappa shape index (κ1) is 9.25. The Labute approximate surface area is 75.4 Å². The minimum absolute atomic E-state index is 0.0482. The molecule has 12 heavy (non-hydrogen) atoms. The molecule has 0 saturated heterocycles. The molecule has 0 spiro atoms. The van der Waals surface area contributed by atoms with Gasteiger partial charge in [0.05, 0.1) is 5.25 Å². The summed E-state index contributed by atoms with van der Waals surface area (Å²) in [5.41, 5.74) is 0. The molecule has 1 rings (SSSR count). The van der Waals surface area contributed by atoms with E-state index in [0.717, 1.165) is 5.16 Å². The van der Waals surface area contributed by atoms with Crippen LogP contribution in [0.25, 0.3) is 0 Å². The first-order valence-corrected chi connectivity index (χ1v) is 4.50. The van der Waals surface area contributed by atoms with E-state index < -0.39 is 0 Å². The van der Waals surface area contributed by atoms with Crippen molar-refractivity contribution in [1.82, 2.24) is 14.8 Å². The maximum absolute atomic E-state index is 10.9. The highest BCUT2D eigenvalue weighted by molar-refractivity contribution is 8.00. The standard InChI is InChI=1S/C7H11N3OS/c1-5(11)6(2)12-7-8-4-9-10(7)3/h4,6H,1-3H3. The molecule has 0 fully saturated rings. The van der Waals surface area contributed by atoms with E-state index in [4.69, 9.17) is 0 Å². The topological polar surface area (TPSA) is 47.8 Å². The van der Waals surface area contributed by atoms with Crippen molar-refractivity contribution in [3.05, 3.63) is 6.33 Å². The molecule has 1 aromatic rings. The van der Waals surface area contributed by atoms with E-state index >= 15 is 0 Å². The Morgan fingerprint density at radius 2 is 2.42 bits per heavy atom. The maximum Gasteiger partial charge on any atom is 0.186 e. The van der Waals surface area contributed by atoms with Gasteiger partial charge in [-0.2, -0.15) is 5.10 Å². The highest BCUT2D eigenvalue weighted by Crippen LogP contribution is 2.19. The zero-order chi connectivity index (χ0) is 9.14. The van der Waals surface area contributed by atoms with Gasteiger partial charge >= 0.3 is 0 Å². The lowest BCUT2D eigenvalue weighted by atomic mass is 10.3. The van der Waals surface area contributed by atoms with Gasteiger partial charge in [0.1, 0.15) is 12.1 Å². The lowest BCUT2D eigenvalue weighted by Crippen LogP contribution is -2.09. The maximum atomic E-state index is 10.9. The second-order valence-corrected chi connectivity index (χ2v) is 3.84. The van der Waals surface area contributed by atoms with E-state index in [2.05, 4.69) is 10.1 Å². The average molecular weight is 185 g/mol. The normalized spacial score (nSPS) is 12.9. The SMILES string of the molecule is CC(=O)C(C)Sc1ncnn1C. The largest absolute Gasteiger partial charge is 0.299 e. The monoisotopic (exact) mass is 185 g/mol. The van der Waals surface area contributed by atoms with Crippen molar-refractivity contribution in [2.24, 2.45) is 7.05 Å². The number of ketones is 1. The predicted molar refractivity (Wildman–Crippen MR) is 47.0 cm³/mol. The van der Waals surface area contributed by atoms with Crippen LogP contribution in [0.15, 0.2) is 11.5 Å². The first-order chi connectivity index (χ1) is 5.61. The van der Waals surface area contributed by atoms with Crippen molar-refractivity contribution in [3.63, 3.8) is 0 Å². The van der Waals surface area contributed by atoms with Crippen LogP contribution < -0.4 is 0 Å². The Morgan fingerprint density at radius 3 is 2.83 bits per heavy atom. The third kappa shape index (κ3) is 2.07. The fourth-order valence-electron chi connectivity index (χ4n) is 0.633. The Bertz CT molecular complexity index is 284. The molecule has 0 radical (unpaired) electrons. The molecule has 0 amide bonds. The van der Waals surface area contributed by atoms with E-state index in [9.17, 15) is 4.79 Å². The zero-order valence-corrected chi connectivity index (χ0v) is 8.13. The van der Waals surface area contributed by atoms with Crippen LogP contribution in [0.3, 0.4) is 0 Å². The first-order valence-electron chi connectivity index (χ1n) is 3.62. The van der Waals surface area contributed by atoms with E-state index in [-0.39, 0.29) is 11.0 Å². The van der Waals surface area contributed by atoms with Crippen LogP contribution in [0.4, 0.5) is 0 Å². The van der Waals surface area contributed by atoms with E-state index in [1.54, 1.807) is 11.6 Å². The minimum Gasteiger partial charge on any atom is -0.299 e. The molecule has 0 aromatic carbocycles. The molecule has 0 aliphatic carbocycles. The summed E-state index contributed by atoms with van der Waals surface area (Å²) in [4.78, 5) is 14.9. The molecular formula is C7H11N3OS. The van der Waals surface area contributed by atoms with Crippen LogP contribution in [0.2, 0.25) is 0 Å². The molecule has 5 heteroatoms. The molecule has 0 aliphatic heterocycles. The van der Waals surface area contributed by atoms with E-state index in [0.29, 0.717) is 0 Å². The van der Waals surface area contributed by atoms with Crippen LogP contribution in [0.5, 0.6) is 0 Å². The van der Waals surface area contributed by atoms with Gasteiger partial charge in [0.15, 0.2) is 5.16 Å². The zero-order valence-electron chi connectivity index (χ0n) is 7.31. The number of thioether (sulfide) groups is 1. The Morgan fingerprint density at radius 1 is 1.75 bits per heavy atom. The summed E-state index contributed by atoms with van der Waals surface area (Å²) in [5.74, 6) is 0.156. The molecule has 4 nitrogen and oxygen atoms in total. The quantitative estimate of drug-likeness (QED) is 0.656. The second-order valence-electron chi connectivity index (χ2n) is 2.54. The number of Topliss-reactive ketones (excluding diaryl/α,β-unsaturated/α-hetero) is 1. The van der Waals surface area contributed by atoms with Crippen molar-refractivity contribution >= 4 is 17.5 Å². The third-order valence-electron chi connectivity index (χ3n) is 1.52. The number of aromatic nitrogens is 3. The fourth-order valence-corrected chi connectivity index (χ4v) is 1.42. The van der Waals surface area contributed by atoms with Gasteiger partial charge in [0.2, 0.25) is 0 Å². The number of carbonyl (C=O) groups is 1. The van der Waals surface area contributed by atoms with Gasteiger partial charge in [0, 0.05) is 7.05 Å². The van der Waals surface area contributed by atoms with E-state index in [1.165, 1.54) is 18.1 Å². The van der Waals surface area contributed by atoms with Crippen molar-refractivity contribution in [2.45, 2.75) is 24.3 Å². The number of aryl methyl sites for hydroxylation is 1. The summed E-state index contributed by atoms with van der Waals surface area (Å²) in [6, 6.07) is 0. The number of nitrogens with zero attached hydrogens (tertiary/aromatic N) is 3. The van der Waals surface area contributed by atoms with Gasteiger partial charge in [-0.1, -0.05) is 11.8 Å². The highest BCUT2D eigenvalue weighted by atomic mass is 32.2. The van der Waals surface area contributed by atoms with Gasteiger partial charge in [-0.05, 0) is 13.8 Å². The van der Waals surface area contributed by atoms with Gasteiger partial charge in [-0.25, -0.2) is 9.67 Å². The molecule has 0 saturated carbocycles. The Balaban J connectivity index is 2.64. The minimum atomic E-state index is -0.0482. The number of hydrogen-bond donors (Lipinski definition) is 0. The number of rotatable bonds is 3. The molecule has 0 N–H and O–H groups in total. The van der Waals surface area contributed by atoms with Crippen molar-refractivity contribution in [3.8, 4) is 0 Å². The lowest BCUT2D eigenvalue weighted by Gasteiger charge is -2.04. The van der Waals surface area contributed by atoms with Gasteiger partial charge in [0.25, 0.3) is 0 Å². The molecule has 1 unspecified atom stereocenters. The van der Waals surface area contributed by atoms with Gasteiger partial charge in [-0.15, -0.1) is 0 Å². The molecule has 1 heterocycles. The Hall–Kier alpha value is -0.840.